The predicted molar refractivity (Wildman–Crippen MR) is 197 cm³/mol. The van der Waals surface area contributed by atoms with Crippen LogP contribution < -0.4 is 0 Å². The van der Waals surface area contributed by atoms with E-state index in [9.17, 15) is 14.2 Å². The standard InChI is InChI=1S/C39H65O8P/c1-3-5-7-9-11-13-15-17-19-21-23-25-27-29-31-33-38(40)45-35-37(36-46-48(42,43)44)47-39(41)34-32-30-28-26-24-22-20-18-16-14-12-10-8-6-4-2/h5,7,11,13-14,16-20,23,25,37H,3-4,6,8-10,12,15,21-22,24,26-36H2,1-2H3,(H2,42,43,44)/b7-5+,13-11+,16-14+,19-17+,20-18+,25-23+/t37-/m1/s1. The van der Waals surface area contributed by atoms with Gasteiger partial charge in [0.05, 0.1) is 6.61 Å². The largest absolute Gasteiger partial charge is 0.469 e. The number of rotatable bonds is 32. The number of carbonyl (C=O) groups excluding carboxylic acids is 2. The molecule has 0 rings (SSSR count). The van der Waals surface area contributed by atoms with Crippen LogP contribution in [0.5, 0.6) is 0 Å². The summed E-state index contributed by atoms with van der Waals surface area (Å²) in [6.07, 6.45) is 43.4. The maximum atomic E-state index is 12.3. The molecule has 8 nitrogen and oxygen atoms in total. The molecule has 274 valence electrons. The summed E-state index contributed by atoms with van der Waals surface area (Å²) in [6.45, 7) is 3.47. The zero-order valence-corrected chi connectivity index (χ0v) is 30.7. The predicted octanol–water partition coefficient (Wildman–Crippen LogP) is 10.7. The molecule has 0 aromatic heterocycles. The molecule has 0 aliphatic carbocycles. The lowest BCUT2D eigenvalue weighted by molar-refractivity contribution is -0.161. The number of esters is 2. The Bertz CT molecular complexity index is 1010. The zero-order valence-electron chi connectivity index (χ0n) is 29.9. The molecule has 1 atom stereocenters. The van der Waals surface area contributed by atoms with Gasteiger partial charge in [-0.15, -0.1) is 0 Å². The minimum Gasteiger partial charge on any atom is -0.462 e. The van der Waals surface area contributed by atoms with Crippen LogP contribution >= 0.6 is 7.82 Å². The summed E-state index contributed by atoms with van der Waals surface area (Å²) in [5, 5.41) is 0. The summed E-state index contributed by atoms with van der Waals surface area (Å²) in [5.41, 5.74) is 0. The number of hydrogen-bond acceptors (Lipinski definition) is 6. The van der Waals surface area contributed by atoms with Gasteiger partial charge in [-0.3, -0.25) is 14.1 Å². The van der Waals surface area contributed by atoms with Crippen molar-refractivity contribution in [1.82, 2.24) is 0 Å². The third-order valence-electron chi connectivity index (χ3n) is 7.24. The molecule has 0 saturated carbocycles. The fourth-order valence-electron chi connectivity index (χ4n) is 4.53. The highest BCUT2D eigenvalue weighted by Crippen LogP contribution is 2.35. The molecule has 0 aliphatic heterocycles. The Balaban J connectivity index is 4.11. The molecule has 0 spiro atoms. The van der Waals surface area contributed by atoms with Gasteiger partial charge in [0, 0.05) is 12.8 Å². The lowest BCUT2D eigenvalue weighted by Crippen LogP contribution is -2.29. The van der Waals surface area contributed by atoms with Crippen molar-refractivity contribution in [2.24, 2.45) is 0 Å². The van der Waals surface area contributed by atoms with Gasteiger partial charge in [-0.2, -0.15) is 0 Å². The molecule has 0 fully saturated rings. The minimum atomic E-state index is -4.77. The maximum Gasteiger partial charge on any atom is 0.469 e. The van der Waals surface area contributed by atoms with Gasteiger partial charge >= 0.3 is 19.8 Å². The first-order valence-corrected chi connectivity index (χ1v) is 19.8. The summed E-state index contributed by atoms with van der Waals surface area (Å²) in [7, 11) is -4.77. The van der Waals surface area contributed by atoms with E-state index in [0.717, 1.165) is 77.0 Å². The first kappa shape index (κ1) is 45.5. The molecule has 0 unspecified atom stereocenters. The molecule has 0 aromatic rings. The molecule has 48 heavy (non-hydrogen) atoms. The van der Waals surface area contributed by atoms with Crippen LogP contribution in [0.3, 0.4) is 0 Å². The topological polar surface area (TPSA) is 119 Å². The first-order chi connectivity index (χ1) is 23.3. The lowest BCUT2D eigenvalue weighted by atomic mass is 10.1. The van der Waals surface area contributed by atoms with E-state index < -0.39 is 32.5 Å². The number of allylic oxidation sites excluding steroid dienone is 12. The van der Waals surface area contributed by atoms with Crippen molar-refractivity contribution in [2.45, 2.75) is 148 Å². The number of hydrogen-bond donors (Lipinski definition) is 2. The highest BCUT2D eigenvalue weighted by Gasteiger charge is 2.22. The van der Waals surface area contributed by atoms with E-state index in [1.807, 2.05) is 0 Å². The van der Waals surface area contributed by atoms with Gasteiger partial charge in [0.25, 0.3) is 0 Å². The van der Waals surface area contributed by atoms with E-state index in [1.54, 1.807) is 0 Å². The second-order valence-corrected chi connectivity index (χ2v) is 13.1. The van der Waals surface area contributed by atoms with Gasteiger partial charge in [0.15, 0.2) is 6.10 Å². The van der Waals surface area contributed by atoms with Crippen LogP contribution in [-0.4, -0.2) is 41.0 Å². The van der Waals surface area contributed by atoms with Crippen molar-refractivity contribution >= 4 is 19.8 Å². The van der Waals surface area contributed by atoms with E-state index in [4.69, 9.17) is 19.3 Å². The Morgan fingerprint density at radius 2 is 1.06 bits per heavy atom. The van der Waals surface area contributed by atoms with Crippen molar-refractivity contribution in [3.8, 4) is 0 Å². The molecule has 0 aliphatic rings. The number of phosphoric ester groups is 1. The highest BCUT2D eigenvalue weighted by molar-refractivity contribution is 7.46. The van der Waals surface area contributed by atoms with Crippen LogP contribution in [0.25, 0.3) is 0 Å². The number of carbonyl (C=O) groups is 2. The van der Waals surface area contributed by atoms with Crippen LogP contribution in [0.1, 0.15) is 142 Å². The normalized spacial score (nSPS) is 13.3. The zero-order chi connectivity index (χ0) is 35.4. The third-order valence-corrected chi connectivity index (χ3v) is 7.72. The minimum absolute atomic E-state index is 0.181. The molecular formula is C39H65O8P. The van der Waals surface area contributed by atoms with Crippen molar-refractivity contribution < 1.29 is 37.9 Å². The molecule has 0 heterocycles. The SMILES string of the molecule is CC/C=C/C/C=C/C/C=C/C/C=C/CCCCC(=O)OC[C@H](COP(=O)(O)O)OC(=O)CCCCCCC/C=C/C=C/CCCCCC. The van der Waals surface area contributed by atoms with Gasteiger partial charge in [-0.05, 0) is 77.0 Å². The van der Waals surface area contributed by atoms with Crippen LogP contribution in [0.4, 0.5) is 0 Å². The van der Waals surface area contributed by atoms with E-state index in [-0.39, 0.29) is 19.4 Å². The Morgan fingerprint density at radius 1 is 0.583 bits per heavy atom. The maximum absolute atomic E-state index is 12.3. The summed E-state index contributed by atoms with van der Waals surface area (Å²) >= 11 is 0. The van der Waals surface area contributed by atoms with Gasteiger partial charge in [0.2, 0.25) is 0 Å². The van der Waals surface area contributed by atoms with Crippen molar-refractivity contribution in [3.05, 3.63) is 72.9 Å². The molecule has 2 N–H and O–H groups in total. The Kier molecular flexibility index (Phi) is 32.6. The molecule has 0 saturated heterocycles. The van der Waals surface area contributed by atoms with Gasteiger partial charge in [-0.1, -0.05) is 125 Å². The summed E-state index contributed by atoms with van der Waals surface area (Å²) in [4.78, 5) is 42.6. The molecule has 9 heteroatoms. The lowest BCUT2D eigenvalue weighted by Gasteiger charge is -2.18. The second kappa shape index (κ2) is 34.4. The number of phosphoric acid groups is 1. The van der Waals surface area contributed by atoms with Crippen LogP contribution in [0.2, 0.25) is 0 Å². The summed E-state index contributed by atoms with van der Waals surface area (Å²) in [6, 6.07) is 0. The van der Waals surface area contributed by atoms with Crippen LogP contribution in [0.15, 0.2) is 72.9 Å². The summed E-state index contributed by atoms with van der Waals surface area (Å²) in [5.74, 6) is -0.960. The molecule has 0 aromatic carbocycles. The monoisotopic (exact) mass is 692 g/mol. The average molecular weight is 693 g/mol. The summed E-state index contributed by atoms with van der Waals surface area (Å²) < 4.78 is 26.2. The molecule has 0 amide bonds. The van der Waals surface area contributed by atoms with E-state index in [0.29, 0.717) is 12.8 Å². The number of ether oxygens (including phenoxy) is 2. The molecular weight excluding hydrogens is 627 g/mol. The Morgan fingerprint density at radius 3 is 1.67 bits per heavy atom. The molecule has 0 bridgehead atoms. The van der Waals surface area contributed by atoms with Crippen molar-refractivity contribution in [1.29, 1.82) is 0 Å². The van der Waals surface area contributed by atoms with E-state index in [2.05, 4.69) is 91.3 Å². The Hall–Kier alpha value is -2.51. The fraction of sp³-hybridized carbons (Fsp3) is 0.641. The molecule has 0 radical (unpaired) electrons. The van der Waals surface area contributed by atoms with Gasteiger partial charge < -0.3 is 19.3 Å². The van der Waals surface area contributed by atoms with Crippen LogP contribution in [0, 0.1) is 0 Å². The van der Waals surface area contributed by atoms with E-state index in [1.165, 1.54) is 25.7 Å². The van der Waals surface area contributed by atoms with Crippen molar-refractivity contribution in [3.63, 3.8) is 0 Å². The highest BCUT2D eigenvalue weighted by atomic mass is 31.2. The Labute approximate surface area is 291 Å². The van der Waals surface area contributed by atoms with E-state index >= 15 is 0 Å². The van der Waals surface area contributed by atoms with Gasteiger partial charge in [-0.25, -0.2) is 4.57 Å². The second-order valence-electron chi connectivity index (χ2n) is 11.8. The smallest absolute Gasteiger partial charge is 0.462 e. The quantitative estimate of drug-likeness (QED) is 0.0235. The average Bonchev–Trinajstić information content (AvgIpc) is 3.05. The van der Waals surface area contributed by atoms with Crippen LogP contribution in [-0.2, 0) is 28.2 Å². The first-order valence-electron chi connectivity index (χ1n) is 18.2. The van der Waals surface area contributed by atoms with Crippen molar-refractivity contribution in [2.75, 3.05) is 13.2 Å². The van der Waals surface area contributed by atoms with Gasteiger partial charge in [0.1, 0.15) is 6.61 Å². The third kappa shape index (κ3) is 36.3. The number of unbranched alkanes of at least 4 members (excludes halogenated alkanes) is 11. The fourth-order valence-corrected chi connectivity index (χ4v) is 4.89.